The molecule has 0 aliphatic heterocycles. The van der Waals surface area contributed by atoms with Crippen molar-refractivity contribution in [2.24, 2.45) is 11.8 Å². The van der Waals surface area contributed by atoms with Gasteiger partial charge in [-0.2, -0.15) is 0 Å². The van der Waals surface area contributed by atoms with E-state index in [-0.39, 0.29) is 29.6 Å². The van der Waals surface area contributed by atoms with Gasteiger partial charge in [0.15, 0.2) is 5.82 Å². The van der Waals surface area contributed by atoms with Crippen molar-refractivity contribution in [3.05, 3.63) is 30.1 Å². The Bertz CT molecular complexity index is 1450. The first-order valence-corrected chi connectivity index (χ1v) is 17.4. The molecule has 1 fully saturated rings. The molecule has 5 N–H and O–H groups in total. The number of aromatic nitrogens is 3. The number of rotatable bonds is 20. The summed E-state index contributed by atoms with van der Waals surface area (Å²) in [6, 6.07) is 8.06. The number of benzene rings is 1. The number of unbranched alkanes of at least 4 members (excludes halogenated alkanes) is 2. The first-order valence-electron chi connectivity index (χ1n) is 17.4. The molecule has 0 radical (unpaired) electrons. The number of carbonyl (C=O) groups excluding carboxylic acids is 3. The van der Waals surface area contributed by atoms with Crippen LogP contribution in [0.5, 0.6) is 0 Å². The van der Waals surface area contributed by atoms with Crippen molar-refractivity contribution >= 4 is 45.5 Å². The van der Waals surface area contributed by atoms with Gasteiger partial charge in [0.2, 0.25) is 17.7 Å². The highest BCUT2D eigenvalue weighted by atomic mass is 16.5. The highest BCUT2D eigenvalue weighted by molar-refractivity contribution is 6.06. The van der Waals surface area contributed by atoms with Gasteiger partial charge in [-0.15, -0.1) is 0 Å². The van der Waals surface area contributed by atoms with Gasteiger partial charge < -0.3 is 35.7 Å². The number of hydrogen-bond acceptors (Lipinski definition) is 8. The lowest BCUT2D eigenvalue weighted by atomic mass is 9.81. The van der Waals surface area contributed by atoms with Crippen LogP contribution in [0.4, 0.5) is 5.82 Å². The normalized spacial score (nSPS) is 16.4. The Balaban J connectivity index is 1.11. The number of anilines is 1. The number of hydrogen-bond donors (Lipinski definition) is 4. The van der Waals surface area contributed by atoms with Gasteiger partial charge in [0.25, 0.3) is 0 Å². The summed E-state index contributed by atoms with van der Waals surface area (Å²) >= 11 is 0. The molecule has 3 aromatic rings. The third-order valence-corrected chi connectivity index (χ3v) is 8.78. The monoisotopic (exact) mass is 651 g/mol. The van der Waals surface area contributed by atoms with Crippen LogP contribution in [0.3, 0.4) is 0 Å². The molecule has 2 heterocycles. The average Bonchev–Trinajstić information content (AvgIpc) is 3.45. The van der Waals surface area contributed by atoms with Gasteiger partial charge in [-0.1, -0.05) is 31.5 Å². The molecule has 12 nitrogen and oxygen atoms in total. The predicted octanol–water partition coefficient (Wildman–Crippen LogP) is 3.89. The van der Waals surface area contributed by atoms with E-state index in [4.69, 9.17) is 20.2 Å². The van der Waals surface area contributed by atoms with E-state index in [9.17, 15) is 14.4 Å². The third-order valence-electron chi connectivity index (χ3n) is 8.78. The van der Waals surface area contributed by atoms with Crippen LogP contribution >= 0.6 is 0 Å². The minimum Gasteiger partial charge on any atom is -0.382 e. The SMILES string of the molecule is CCCCc1nc2c(N)nc3ccccc3c2n1CCCCNC(=O)C1CCC(C(=O)NCCOCCOCCC(=O)NCC)CC1. The number of imidazole rings is 1. The second-order valence-electron chi connectivity index (χ2n) is 12.3. The number of aryl methyl sites for hydroxylation is 2. The Morgan fingerprint density at radius 3 is 2.23 bits per heavy atom. The molecule has 4 rings (SSSR count). The first-order chi connectivity index (χ1) is 22.9. The molecule has 47 heavy (non-hydrogen) atoms. The van der Waals surface area contributed by atoms with Crippen LogP contribution in [0.25, 0.3) is 21.9 Å². The number of nitrogens with two attached hydrogens (primary N) is 1. The Hall–Kier alpha value is -3.77. The van der Waals surface area contributed by atoms with Gasteiger partial charge in [0.1, 0.15) is 11.3 Å². The lowest BCUT2D eigenvalue weighted by Crippen LogP contribution is -2.38. The highest BCUT2D eigenvalue weighted by Gasteiger charge is 2.29. The molecular formula is C35H53N7O5. The molecule has 12 heteroatoms. The molecular weight excluding hydrogens is 598 g/mol. The molecule has 0 bridgehead atoms. The molecule has 0 spiro atoms. The zero-order valence-corrected chi connectivity index (χ0v) is 28.2. The molecule has 258 valence electrons. The van der Waals surface area contributed by atoms with E-state index in [1.165, 1.54) is 0 Å². The van der Waals surface area contributed by atoms with Crippen LogP contribution in [0, 0.1) is 11.8 Å². The summed E-state index contributed by atoms with van der Waals surface area (Å²) in [6.45, 7) is 8.13. The van der Waals surface area contributed by atoms with Crippen molar-refractivity contribution in [1.29, 1.82) is 0 Å². The van der Waals surface area contributed by atoms with Crippen molar-refractivity contribution < 1.29 is 23.9 Å². The van der Waals surface area contributed by atoms with Gasteiger partial charge in [-0.05, 0) is 57.9 Å². The summed E-state index contributed by atoms with van der Waals surface area (Å²) in [6.07, 6.45) is 8.01. The molecule has 0 unspecified atom stereocenters. The maximum absolute atomic E-state index is 12.9. The fourth-order valence-electron chi connectivity index (χ4n) is 6.20. The van der Waals surface area contributed by atoms with Crippen molar-refractivity contribution in [1.82, 2.24) is 30.5 Å². The fraction of sp³-hybridized carbons (Fsp3) is 0.629. The third kappa shape index (κ3) is 10.6. The molecule has 1 saturated carbocycles. The first kappa shape index (κ1) is 36.1. The van der Waals surface area contributed by atoms with E-state index in [1.54, 1.807) is 0 Å². The topological polar surface area (TPSA) is 162 Å². The Kier molecular flexibility index (Phi) is 14.7. The second-order valence-corrected chi connectivity index (χ2v) is 12.3. The number of pyridine rings is 1. The molecule has 0 atom stereocenters. The standard InChI is InChI=1S/C35H53N7O5/c1-3-5-12-29-41-31-32(27-10-6-7-11-28(27)40-33(31)36)42(29)20-9-8-18-38-34(44)25-13-15-26(16-14-25)35(45)39-19-22-47-24-23-46-21-17-30(43)37-4-2/h6-7,10-11,25-26H,3-5,8-9,12-24H2,1-2H3,(H2,36,40)(H,37,43)(H,38,44)(H,39,45). The van der Waals surface area contributed by atoms with Gasteiger partial charge >= 0.3 is 0 Å². The van der Waals surface area contributed by atoms with Gasteiger partial charge in [-0.3, -0.25) is 14.4 Å². The average molecular weight is 652 g/mol. The summed E-state index contributed by atoms with van der Waals surface area (Å²) in [5.74, 6) is 1.49. The number of ether oxygens (including phenoxy) is 2. The van der Waals surface area contributed by atoms with Gasteiger partial charge in [0, 0.05) is 56.2 Å². The minimum absolute atomic E-state index is 0.0207. The zero-order chi connectivity index (χ0) is 33.4. The van der Waals surface area contributed by atoms with Crippen molar-refractivity contribution in [3.63, 3.8) is 0 Å². The maximum atomic E-state index is 12.9. The summed E-state index contributed by atoms with van der Waals surface area (Å²) in [5, 5.41) is 9.87. The van der Waals surface area contributed by atoms with Crippen LogP contribution in [0.15, 0.2) is 24.3 Å². The van der Waals surface area contributed by atoms with E-state index in [2.05, 4.69) is 38.5 Å². The molecule has 2 aromatic heterocycles. The van der Waals surface area contributed by atoms with Crippen LogP contribution in [-0.4, -0.2) is 78.3 Å². The number of nitrogen functional groups attached to an aromatic ring is 1. The summed E-state index contributed by atoms with van der Waals surface area (Å²) in [5.41, 5.74) is 9.02. The summed E-state index contributed by atoms with van der Waals surface area (Å²) in [7, 11) is 0. The van der Waals surface area contributed by atoms with E-state index < -0.39 is 0 Å². The van der Waals surface area contributed by atoms with Crippen LogP contribution in [0.1, 0.15) is 77.5 Å². The van der Waals surface area contributed by atoms with E-state index in [0.717, 1.165) is 79.3 Å². The summed E-state index contributed by atoms with van der Waals surface area (Å²) in [4.78, 5) is 46.4. The Morgan fingerprint density at radius 1 is 0.851 bits per heavy atom. The lowest BCUT2D eigenvalue weighted by molar-refractivity contribution is -0.130. The summed E-state index contributed by atoms with van der Waals surface area (Å²) < 4.78 is 13.2. The molecule has 3 amide bonds. The second kappa shape index (κ2) is 19.1. The maximum Gasteiger partial charge on any atom is 0.223 e. The van der Waals surface area contributed by atoms with E-state index in [1.807, 2.05) is 25.1 Å². The lowest BCUT2D eigenvalue weighted by Gasteiger charge is -2.27. The number of nitrogens with zero attached hydrogens (tertiary/aromatic N) is 3. The van der Waals surface area contributed by atoms with Crippen LogP contribution in [-0.2, 0) is 36.8 Å². The van der Waals surface area contributed by atoms with Crippen molar-refractivity contribution in [2.45, 2.75) is 84.6 Å². The molecule has 1 aliphatic rings. The number of carbonyl (C=O) groups is 3. The largest absolute Gasteiger partial charge is 0.382 e. The fourth-order valence-corrected chi connectivity index (χ4v) is 6.20. The Morgan fingerprint density at radius 2 is 1.53 bits per heavy atom. The zero-order valence-electron chi connectivity index (χ0n) is 28.2. The van der Waals surface area contributed by atoms with E-state index >= 15 is 0 Å². The van der Waals surface area contributed by atoms with Gasteiger partial charge in [-0.25, -0.2) is 9.97 Å². The van der Waals surface area contributed by atoms with Crippen molar-refractivity contribution in [3.8, 4) is 0 Å². The molecule has 0 saturated heterocycles. The van der Waals surface area contributed by atoms with Crippen LogP contribution in [0.2, 0.25) is 0 Å². The molecule has 1 aromatic carbocycles. The molecule has 1 aliphatic carbocycles. The number of para-hydroxylation sites is 1. The Labute approximate surface area is 277 Å². The number of fused-ring (bicyclic) bond motifs is 3. The van der Waals surface area contributed by atoms with Crippen LogP contribution < -0.4 is 21.7 Å². The minimum atomic E-state index is -0.0659. The van der Waals surface area contributed by atoms with Crippen molar-refractivity contribution in [2.75, 3.05) is 51.8 Å². The number of nitrogens with one attached hydrogen (secondary N) is 3. The smallest absolute Gasteiger partial charge is 0.223 e. The highest BCUT2D eigenvalue weighted by Crippen LogP contribution is 2.30. The van der Waals surface area contributed by atoms with E-state index in [0.29, 0.717) is 71.1 Å². The quantitative estimate of drug-likeness (QED) is 0.134. The van der Waals surface area contributed by atoms with Gasteiger partial charge in [0.05, 0.1) is 37.5 Å². The number of amides is 3. The predicted molar refractivity (Wildman–Crippen MR) is 184 cm³/mol.